The molecule has 3 nitrogen and oxygen atoms in total. The fourth-order valence-electron chi connectivity index (χ4n) is 2.85. The van der Waals surface area contributed by atoms with E-state index in [1.807, 2.05) is 24.3 Å². The van der Waals surface area contributed by atoms with E-state index in [4.69, 9.17) is 16.6 Å². The van der Waals surface area contributed by atoms with Crippen molar-refractivity contribution < 1.29 is 0 Å². The minimum absolute atomic E-state index is 0.329. The maximum absolute atomic E-state index is 6.05. The van der Waals surface area contributed by atoms with Gasteiger partial charge in [-0.2, -0.15) is 10.2 Å². The number of halogens is 1. The van der Waals surface area contributed by atoms with E-state index in [0.717, 1.165) is 28.2 Å². The first kappa shape index (κ1) is 12.5. The monoisotopic (exact) mass is 293 g/mol. The van der Waals surface area contributed by atoms with Crippen LogP contribution in [0.3, 0.4) is 0 Å². The van der Waals surface area contributed by atoms with Gasteiger partial charge in [-0.3, -0.25) is 4.99 Å². The van der Waals surface area contributed by atoms with Crippen LogP contribution in [-0.2, 0) is 0 Å². The van der Waals surface area contributed by atoms with E-state index in [1.54, 1.807) is 6.20 Å². The molecular weight excluding hydrogens is 282 g/mol. The molecule has 4 rings (SSSR count). The van der Waals surface area contributed by atoms with E-state index in [9.17, 15) is 0 Å². The third-order valence-electron chi connectivity index (χ3n) is 3.82. The summed E-state index contributed by atoms with van der Waals surface area (Å²) in [7, 11) is 0. The summed E-state index contributed by atoms with van der Waals surface area (Å²) in [5.41, 5.74) is 6.22. The van der Waals surface area contributed by atoms with E-state index in [2.05, 4.69) is 35.3 Å². The Morgan fingerprint density at radius 3 is 3.00 bits per heavy atom. The molecule has 0 saturated heterocycles. The van der Waals surface area contributed by atoms with Gasteiger partial charge in [0, 0.05) is 22.6 Å². The molecule has 0 amide bonds. The van der Waals surface area contributed by atoms with Crippen LogP contribution in [0.5, 0.6) is 0 Å². The van der Waals surface area contributed by atoms with Gasteiger partial charge in [-0.15, -0.1) is 0 Å². The van der Waals surface area contributed by atoms with Crippen molar-refractivity contribution >= 4 is 28.6 Å². The predicted molar refractivity (Wildman–Crippen MR) is 85.9 cm³/mol. The zero-order valence-corrected chi connectivity index (χ0v) is 12.2. The Labute approximate surface area is 127 Å². The molecule has 1 aromatic carbocycles. The molecule has 4 heteroatoms. The van der Waals surface area contributed by atoms with Crippen LogP contribution in [0.4, 0.5) is 5.69 Å². The van der Waals surface area contributed by atoms with Crippen molar-refractivity contribution in [3.05, 3.63) is 59.3 Å². The minimum Gasteiger partial charge on any atom is -0.252 e. The van der Waals surface area contributed by atoms with Gasteiger partial charge in [-0.1, -0.05) is 48.9 Å². The third-order valence-corrected chi connectivity index (χ3v) is 4.03. The molecule has 1 atom stereocenters. The summed E-state index contributed by atoms with van der Waals surface area (Å²) < 4.78 is 0. The third kappa shape index (κ3) is 1.93. The van der Waals surface area contributed by atoms with Crippen LogP contribution in [0, 0.1) is 5.92 Å². The van der Waals surface area contributed by atoms with E-state index in [1.165, 1.54) is 5.57 Å². The maximum atomic E-state index is 6.05. The van der Waals surface area contributed by atoms with Gasteiger partial charge < -0.3 is 0 Å². The van der Waals surface area contributed by atoms with E-state index in [0.29, 0.717) is 10.9 Å². The molecule has 1 aliphatic carbocycles. The second-order valence-corrected chi connectivity index (χ2v) is 5.65. The first-order chi connectivity index (χ1) is 10.2. The highest BCUT2D eigenvalue weighted by molar-refractivity contribution is 6.33. The number of fused-ring (bicyclic) bond motifs is 3. The average molecular weight is 294 g/mol. The number of hydrogen-bond acceptors (Lipinski definition) is 3. The lowest BCUT2D eigenvalue weighted by atomic mass is 9.88. The summed E-state index contributed by atoms with van der Waals surface area (Å²) in [5, 5.41) is 8.75. The van der Waals surface area contributed by atoms with Gasteiger partial charge in [0.2, 0.25) is 0 Å². The SMILES string of the molecule is CC1C=CC=C2C1=Nc1cccc(-c3cc(Cl)cnn3)c12. The first-order valence-electron chi connectivity index (χ1n) is 6.83. The molecule has 0 bridgehead atoms. The molecule has 21 heavy (non-hydrogen) atoms. The largest absolute Gasteiger partial charge is 0.252 e. The second-order valence-electron chi connectivity index (χ2n) is 5.21. The number of benzene rings is 1. The lowest BCUT2D eigenvalue weighted by Gasteiger charge is -2.14. The zero-order chi connectivity index (χ0) is 14.4. The lowest BCUT2D eigenvalue weighted by molar-refractivity contribution is 1.00. The van der Waals surface area contributed by atoms with Crippen LogP contribution in [0.1, 0.15) is 12.5 Å². The van der Waals surface area contributed by atoms with Gasteiger partial charge in [0.15, 0.2) is 0 Å². The molecule has 0 N–H and O–H groups in total. The van der Waals surface area contributed by atoms with Gasteiger partial charge in [0.25, 0.3) is 0 Å². The summed E-state index contributed by atoms with van der Waals surface area (Å²) >= 11 is 6.05. The standard InChI is InChI=1S/C17H12ClN3/c1-10-4-2-6-13-16-12(15-8-11(18)9-19-21-15)5-3-7-14(16)20-17(10)13/h2-10H,1H3. The minimum atomic E-state index is 0.329. The van der Waals surface area contributed by atoms with Crippen LogP contribution >= 0.6 is 11.6 Å². The zero-order valence-electron chi connectivity index (χ0n) is 11.4. The fraction of sp³-hybridized carbons (Fsp3) is 0.118. The molecule has 0 spiro atoms. The number of aromatic nitrogens is 2. The van der Waals surface area contributed by atoms with E-state index < -0.39 is 0 Å². The summed E-state index contributed by atoms with van der Waals surface area (Å²) in [4.78, 5) is 4.78. The molecule has 2 aliphatic rings. The molecule has 0 radical (unpaired) electrons. The van der Waals surface area contributed by atoms with Crippen LogP contribution in [0.2, 0.25) is 5.02 Å². The molecule has 2 aromatic rings. The number of aliphatic imine (C=N–C) groups is 1. The van der Waals surface area contributed by atoms with Gasteiger partial charge >= 0.3 is 0 Å². The summed E-state index contributed by atoms with van der Waals surface area (Å²) in [6.45, 7) is 2.16. The van der Waals surface area contributed by atoms with Crippen molar-refractivity contribution in [1.82, 2.24) is 10.2 Å². The molecule has 1 aliphatic heterocycles. The molecule has 1 unspecified atom stereocenters. The van der Waals surface area contributed by atoms with Crippen molar-refractivity contribution in [2.75, 3.05) is 0 Å². The quantitative estimate of drug-likeness (QED) is 0.778. The summed E-state index contributed by atoms with van der Waals surface area (Å²) in [6.07, 6.45) is 7.91. The fourth-order valence-corrected chi connectivity index (χ4v) is 2.99. The molecule has 2 heterocycles. The Balaban J connectivity index is 1.95. The van der Waals surface area contributed by atoms with Gasteiger partial charge in [-0.05, 0) is 12.1 Å². The first-order valence-corrected chi connectivity index (χ1v) is 7.21. The number of nitrogens with zero attached hydrogens (tertiary/aromatic N) is 3. The Hall–Kier alpha value is -2.26. The summed E-state index contributed by atoms with van der Waals surface area (Å²) in [5.74, 6) is 0.329. The Kier molecular flexibility index (Phi) is 2.76. The molecule has 0 saturated carbocycles. The van der Waals surface area contributed by atoms with Crippen molar-refractivity contribution in [2.24, 2.45) is 10.9 Å². The van der Waals surface area contributed by atoms with Crippen LogP contribution in [0.25, 0.3) is 16.8 Å². The normalized spacial score (nSPS) is 18.9. The Bertz CT molecular complexity index is 834. The van der Waals surface area contributed by atoms with Crippen molar-refractivity contribution in [3.63, 3.8) is 0 Å². The topological polar surface area (TPSA) is 38.1 Å². The van der Waals surface area contributed by atoms with Crippen molar-refractivity contribution in [3.8, 4) is 11.3 Å². The van der Waals surface area contributed by atoms with Gasteiger partial charge in [0.1, 0.15) is 0 Å². The van der Waals surface area contributed by atoms with Gasteiger partial charge in [0.05, 0.1) is 28.3 Å². The molecule has 0 fully saturated rings. The molecule has 1 aromatic heterocycles. The Morgan fingerprint density at radius 2 is 2.14 bits per heavy atom. The van der Waals surface area contributed by atoms with E-state index in [-0.39, 0.29) is 0 Å². The average Bonchev–Trinajstić information content (AvgIpc) is 2.87. The van der Waals surface area contributed by atoms with Crippen molar-refractivity contribution in [2.45, 2.75) is 6.92 Å². The van der Waals surface area contributed by atoms with E-state index >= 15 is 0 Å². The Morgan fingerprint density at radius 1 is 1.24 bits per heavy atom. The lowest BCUT2D eigenvalue weighted by Crippen LogP contribution is -2.10. The maximum Gasteiger partial charge on any atom is 0.0951 e. The smallest absolute Gasteiger partial charge is 0.0951 e. The highest BCUT2D eigenvalue weighted by Gasteiger charge is 2.28. The van der Waals surface area contributed by atoms with Crippen LogP contribution in [0.15, 0.2) is 53.7 Å². The molecule has 102 valence electrons. The second kappa shape index (κ2) is 4.64. The summed E-state index contributed by atoms with van der Waals surface area (Å²) in [6, 6.07) is 7.92. The number of rotatable bonds is 1. The highest BCUT2D eigenvalue weighted by atomic mass is 35.5. The predicted octanol–water partition coefficient (Wildman–Crippen LogP) is 4.47. The number of hydrogen-bond donors (Lipinski definition) is 0. The number of allylic oxidation sites excluding steroid dienone is 4. The molecular formula is C17H12ClN3. The van der Waals surface area contributed by atoms with Crippen molar-refractivity contribution in [1.29, 1.82) is 0 Å². The highest BCUT2D eigenvalue weighted by Crippen LogP contribution is 2.44. The van der Waals surface area contributed by atoms with Gasteiger partial charge in [-0.25, -0.2) is 0 Å². The van der Waals surface area contributed by atoms with Crippen LogP contribution < -0.4 is 0 Å². The van der Waals surface area contributed by atoms with Crippen LogP contribution in [-0.4, -0.2) is 15.9 Å².